The van der Waals surface area contributed by atoms with Crippen molar-refractivity contribution in [2.75, 3.05) is 5.32 Å². The number of aryl methyl sites for hydroxylation is 3. The summed E-state index contributed by atoms with van der Waals surface area (Å²) in [6.07, 6.45) is 0. The average molecular weight is 462 g/mol. The van der Waals surface area contributed by atoms with Crippen molar-refractivity contribution >= 4 is 55.3 Å². The van der Waals surface area contributed by atoms with E-state index >= 15 is 0 Å². The van der Waals surface area contributed by atoms with Crippen LogP contribution in [0.15, 0.2) is 53.9 Å². The maximum absolute atomic E-state index is 12.8. The Hall–Kier alpha value is -2.87. The third-order valence-corrected chi connectivity index (χ3v) is 8.04. The molecule has 0 bridgehead atoms. The fourth-order valence-corrected chi connectivity index (χ4v) is 6.36. The van der Waals surface area contributed by atoms with Crippen molar-refractivity contribution in [1.82, 2.24) is 9.97 Å². The largest absolute Gasteiger partial charge is 0.297 e. The predicted octanol–water partition coefficient (Wildman–Crippen LogP) is 7.33. The topological polar surface area (TPSA) is 54.9 Å². The van der Waals surface area contributed by atoms with Crippen molar-refractivity contribution < 1.29 is 4.79 Å². The molecule has 1 amide bonds. The fourth-order valence-electron chi connectivity index (χ4n) is 3.74. The van der Waals surface area contributed by atoms with Gasteiger partial charge in [0.15, 0.2) is 5.13 Å². The second kappa shape index (κ2) is 8.00. The van der Waals surface area contributed by atoms with Gasteiger partial charge in [-0.15, -0.1) is 34.0 Å². The van der Waals surface area contributed by atoms with E-state index < -0.39 is 0 Å². The molecule has 0 spiro atoms. The zero-order valence-corrected chi connectivity index (χ0v) is 19.7. The summed E-state index contributed by atoms with van der Waals surface area (Å²) in [4.78, 5) is 23.8. The van der Waals surface area contributed by atoms with E-state index in [9.17, 15) is 4.79 Å². The minimum absolute atomic E-state index is 0.143. The normalized spacial score (nSPS) is 11.2. The number of thiophene rings is 1. The van der Waals surface area contributed by atoms with Gasteiger partial charge in [0.2, 0.25) is 0 Å². The molecule has 0 radical (unpaired) electrons. The molecule has 154 valence electrons. The average Bonchev–Trinajstić information content (AvgIpc) is 3.46. The smallest absolute Gasteiger partial charge is 0.267 e. The van der Waals surface area contributed by atoms with E-state index in [-0.39, 0.29) is 5.91 Å². The zero-order valence-electron chi connectivity index (χ0n) is 17.2. The number of carbonyl (C=O) groups is 1. The van der Waals surface area contributed by atoms with Gasteiger partial charge in [-0.2, -0.15) is 0 Å². The van der Waals surface area contributed by atoms with Crippen LogP contribution in [-0.2, 0) is 0 Å². The number of hydrogen-bond donors (Lipinski definition) is 1. The lowest BCUT2D eigenvalue weighted by molar-refractivity contribution is 0.103. The van der Waals surface area contributed by atoms with Crippen molar-refractivity contribution in [2.45, 2.75) is 20.8 Å². The van der Waals surface area contributed by atoms with Crippen molar-refractivity contribution in [3.63, 3.8) is 0 Å². The highest BCUT2D eigenvalue weighted by Crippen LogP contribution is 2.35. The maximum Gasteiger partial charge on any atom is 0.267 e. The molecule has 0 fully saturated rings. The number of amides is 1. The van der Waals surface area contributed by atoms with Gasteiger partial charge in [0, 0.05) is 10.9 Å². The summed E-state index contributed by atoms with van der Waals surface area (Å²) in [7, 11) is 0. The van der Waals surface area contributed by atoms with E-state index in [1.165, 1.54) is 39.4 Å². The van der Waals surface area contributed by atoms with Crippen molar-refractivity contribution in [2.24, 2.45) is 0 Å². The lowest BCUT2D eigenvalue weighted by atomic mass is 9.98. The Morgan fingerprint density at radius 2 is 1.71 bits per heavy atom. The Morgan fingerprint density at radius 3 is 2.48 bits per heavy atom. The first-order chi connectivity index (χ1) is 15.0. The first kappa shape index (κ1) is 20.1. The van der Waals surface area contributed by atoms with Crippen molar-refractivity contribution in [3.05, 3.63) is 75.5 Å². The molecule has 0 aliphatic rings. The molecule has 31 heavy (non-hydrogen) atoms. The lowest BCUT2D eigenvalue weighted by Crippen LogP contribution is -2.09. The van der Waals surface area contributed by atoms with E-state index in [0.29, 0.717) is 10.0 Å². The number of rotatable bonds is 4. The number of anilines is 1. The highest BCUT2D eigenvalue weighted by molar-refractivity contribution is 7.26. The molecule has 5 rings (SSSR count). The van der Waals surface area contributed by atoms with Gasteiger partial charge in [0.25, 0.3) is 5.91 Å². The molecule has 1 N–H and O–H groups in total. The highest BCUT2D eigenvalue weighted by Gasteiger charge is 2.16. The fraction of sp³-hybridized carbons (Fsp3) is 0.125. The molecule has 5 aromatic rings. The molecule has 0 unspecified atom stereocenters. The first-order valence-electron chi connectivity index (χ1n) is 9.79. The summed E-state index contributed by atoms with van der Waals surface area (Å²) < 4.78 is 1.15. The van der Waals surface area contributed by atoms with E-state index in [1.54, 1.807) is 11.3 Å². The number of nitrogens with zero attached hydrogens (tertiary/aromatic N) is 2. The molecular weight excluding hydrogens is 442 g/mol. The Balaban J connectivity index is 1.36. The number of thiazole rings is 2. The number of benzene rings is 2. The van der Waals surface area contributed by atoms with Crippen LogP contribution in [-0.4, -0.2) is 15.9 Å². The third-order valence-electron chi connectivity index (χ3n) is 4.99. The number of carbonyl (C=O) groups excluding carboxylic acids is 1. The molecule has 3 aromatic heterocycles. The Morgan fingerprint density at radius 1 is 0.935 bits per heavy atom. The molecule has 3 heterocycles. The summed E-state index contributed by atoms with van der Waals surface area (Å²) in [5.41, 5.74) is 6.65. The summed E-state index contributed by atoms with van der Waals surface area (Å²) >= 11 is 4.54. The standard InChI is InChI=1S/C24H19N3OS3/c1-13-10-14(2)21(15(3)11-13)17-12-29-24(26-17)27-22(28)19-8-9-20(30-19)23-25-16-6-4-5-7-18(16)31-23/h4-12H,1-3H3,(H,26,27,28). The third kappa shape index (κ3) is 3.92. The Kier molecular flexibility index (Phi) is 5.17. The van der Waals surface area contributed by atoms with E-state index in [0.717, 1.165) is 31.4 Å². The van der Waals surface area contributed by atoms with Crippen LogP contribution in [0.4, 0.5) is 5.13 Å². The van der Waals surface area contributed by atoms with Gasteiger partial charge in [-0.05, 0) is 56.2 Å². The number of fused-ring (bicyclic) bond motifs is 1. The van der Waals surface area contributed by atoms with E-state index in [4.69, 9.17) is 0 Å². The van der Waals surface area contributed by atoms with Crippen LogP contribution < -0.4 is 5.32 Å². The number of para-hydroxylation sites is 1. The highest BCUT2D eigenvalue weighted by atomic mass is 32.1. The van der Waals surface area contributed by atoms with Crippen LogP contribution in [0.1, 0.15) is 26.4 Å². The number of hydrogen-bond acceptors (Lipinski definition) is 6. The van der Waals surface area contributed by atoms with Gasteiger partial charge in [0.1, 0.15) is 5.01 Å². The van der Waals surface area contributed by atoms with Gasteiger partial charge in [-0.25, -0.2) is 9.97 Å². The Labute approximate surface area is 192 Å². The van der Waals surface area contributed by atoms with Crippen LogP contribution in [0.3, 0.4) is 0 Å². The molecule has 0 saturated heterocycles. The van der Waals surface area contributed by atoms with Crippen LogP contribution in [0.5, 0.6) is 0 Å². The van der Waals surface area contributed by atoms with Crippen LogP contribution >= 0.6 is 34.0 Å². The van der Waals surface area contributed by atoms with Gasteiger partial charge in [-0.1, -0.05) is 29.8 Å². The summed E-state index contributed by atoms with van der Waals surface area (Å²) in [5.74, 6) is -0.143. The SMILES string of the molecule is Cc1cc(C)c(-c2csc(NC(=O)c3ccc(-c4nc5ccccc5s4)s3)n2)c(C)c1. The summed E-state index contributed by atoms with van der Waals surface area (Å²) in [6.45, 7) is 6.30. The molecule has 4 nitrogen and oxygen atoms in total. The van der Waals surface area contributed by atoms with Crippen molar-refractivity contribution in [3.8, 4) is 21.1 Å². The van der Waals surface area contributed by atoms with Gasteiger partial charge in [0.05, 0.1) is 25.7 Å². The quantitative estimate of drug-likeness (QED) is 0.305. The minimum atomic E-state index is -0.143. The summed E-state index contributed by atoms with van der Waals surface area (Å²) in [5, 5.41) is 6.50. The predicted molar refractivity (Wildman–Crippen MR) is 133 cm³/mol. The van der Waals surface area contributed by atoms with Gasteiger partial charge in [-0.3, -0.25) is 10.1 Å². The van der Waals surface area contributed by atoms with Gasteiger partial charge < -0.3 is 0 Å². The van der Waals surface area contributed by atoms with Crippen molar-refractivity contribution in [1.29, 1.82) is 0 Å². The molecule has 2 aromatic carbocycles. The molecule has 0 aliphatic carbocycles. The number of aromatic nitrogens is 2. The monoisotopic (exact) mass is 461 g/mol. The van der Waals surface area contributed by atoms with Crippen LogP contribution in [0.25, 0.3) is 31.4 Å². The molecular formula is C24H19N3OS3. The maximum atomic E-state index is 12.8. The first-order valence-corrected chi connectivity index (χ1v) is 12.3. The zero-order chi connectivity index (χ0) is 21.5. The lowest BCUT2D eigenvalue weighted by Gasteiger charge is -2.08. The van der Waals surface area contributed by atoms with E-state index in [2.05, 4.69) is 54.3 Å². The molecule has 7 heteroatoms. The minimum Gasteiger partial charge on any atom is -0.297 e. The second-order valence-corrected chi connectivity index (χ2v) is 10.4. The number of nitrogens with one attached hydrogen (secondary N) is 1. The van der Waals surface area contributed by atoms with Gasteiger partial charge >= 0.3 is 0 Å². The second-order valence-electron chi connectivity index (χ2n) is 7.42. The molecule has 0 aliphatic heterocycles. The summed E-state index contributed by atoms with van der Waals surface area (Å²) in [6, 6.07) is 16.2. The van der Waals surface area contributed by atoms with Crippen LogP contribution in [0.2, 0.25) is 0 Å². The van der Waals surface area contributed by atoms with E-state index in [1.807, 2.05) is 35.7 Å². The molecule has 0 atom stereocenters. The molecule has 0 saturated carbocycles. The van der Waals surface area contributed by atoms with Crippen LogP contribution in [0, 0.1) is 20.8 Å². The Bertz CT molecular complexity index is 1370.